The Morgan fingerprint density at radius 1 is 1.12 bits per heavy atom. The molecule has 1 heterocycles. The molecule has 0 radical (unpaired) electrons. The number of sulfonamides is 1. The van der Waals surface area contributed by atoms with Crippen molar-refractivity contribution in [3.05, 3.63) is 29.6 Å². The summed E-state index contributed by atoms with van der Waals surface area (Å²) in [6, 6.07) is 1.78. The quantitative estimate of drug-likeness (QED) is 0.237. The number of urea groups is 1. The Hall–Kier alpha value is -2.57. The molecule has 34 heavy (non-hydrogen) atoms. The first-order valence-corrected chi connectivity index (χ1v) is 13.0. The number of unbranched alkanes of at least 4 members (excludes halogenated alkanes) is 1. The topological polar surface area (TPSA) is 143 Å². The van der Waals surface area contributed by atoms with Gasteiger partial charge in [0.25, 0.3) is 11.8 Å². The van der Waals surface area contributed by atoms with Crippen LogP contribution in [0.25, 0.3) is 0 Å². The van der Waals surface area contributed by atoms with Gasteiger partial charge in [0.1, 0.15) is 0 Å². The molecule has 0 unspecified atom stereocenters. The van der Waals surface area contributed by atoms with Crippen molar-refractivity contribution in [2.75, 3.05) is 18.9 Å². The van der Waals surface area contributed by atoms with E-state index in [-0.39, 0.29) is 30.4 Å². The average Bonchev–Trinajstić information content (AvgIpc) is 3.57. The highest BCUT2D eigenvalue weighted by Gasteiger charge is 2.33. The number of halogens is 1. The minimum absolute atomic E-state index is 0.0933. The maximum absolute atomic E-state index is 14.1. The molecule has 12 heteroatoms. The van der Waals surface area contributed by atoms with Crippen LogP contribution < -0.4 is 25.4 Å². The second-order valence-corrected chi connectivity index (χ2v) is 10.9. The molecule has 1 aromatic carbocycles. The number of nitrogens with one attached hydrogen (secondary N) is 4. The number of hydrogen-bond donors (Lipinski definition) is 4. The van der Waals surface area contributed by atoms with Crippen molar-refractivity contribution in [3.63, 3.8) is 0 Å². The summed E-state index contributed by atoms with van der Waals surface area (Å²) in [5.74, 6) is -1.65. The number of rotatable bonds is 13. The van der Waals surface area contributed by atoms with Crippen molar-refractivity contribution in [2.24, 2.45) is 11.8 Å². The highest BCUT2D eigenvalue weighted by Crippen LogP contribution is 2.32. The fraction of sp³-hybridized carbons (Fsp3) is 0.591. The van der Waals surface area contributed by atoms with E-state index >= 15 is 0 Å². The summed E-state index contributed by atoms with van der Waals surface area (Å²) in [4.78, 5) is 34.4. The SMILES string of the molecule is CC(C)[C@@H](NS(=O)(=O)CCCCNC1C(=O)NC(=O)NC1=O)c1ccc(F)c(OCC2CC2)c1. The molecule has 4 N–H and O–H groups in total. The van der Waals surface area contributed by atoms with Crippen LogP contribution in [0.1, 0.15) is 51.1 Å². The highest BCUT2D eigenvalue weighted by molar-refractivity contribution is 7.89. The molecule has 1 aliphatic carbocycles. The number of imide groups is 2. The Morgan fingerprint density at radius 3 is 2.41 bits per heavy atom. The summed E-state index contributed by atoms with van der Waals surface area (Å²) in [6.07, 6.45) is 2.81. The summed E-state index contributed by atoms with van der Waals surface area (Å²) < 4.78 is 47.8. The minimum Gasteiger partial charge on any atom is -0.490 e. The van der Waals surface area contributed by atoms with E-state index in [0.29, 0.717) is 24.5 Å². The molecule has 10 nitrogen and oxygen atoms in total. The van der Waals surface area contributed by atoms with Crippen LogP contribution in [0.2, 0.25) is 0 Å². The van der Waals surface area contributed by atoms with Gasteiger partial charge in [-0.3, -0.25) is 25.5 Å². The number of ether oxygens (including phenoxy) is 1. The number of barbiturate groups is 1. The monoisotopic (exact) mass is 498 g/mol. The maximum Gasteiger partial charge on any atom is 0.328 e. The van der Waals surface area contributed by atoms with Crippen molar-refractivity contribution in [1.29, 1.82) is 0 Å². The van der Waals surface area contributed by atoms with E-state index in [2.05, 4.69) is 10.0 Å². The van der Waals surface area contributed by atoms with Gasteiger partial charge in [0.2, 0.25) is 10.0 Å². The minimum atomic E-state index is -3.66. The first-order valence-electron chi connectivity index (χ1n) is 11.4. The molecule has 4 amide bonds. The molecule has 0 spiro atoms. The molecular weight excluding hydrogens is 467 g/mol. The number of hydrogen-bond acceptors (Lipinski definition) is 7. The predicted octanol–water partition coefficient (Wildman–Crippen LogP) is 1.34. The fourth-order valence-electron chi connectivity index (χ4n) is 3.52. The Kier molecular flexibility index (Phi) is 8.61. The maximum atomic E-state index is 14.1. The Labute approximate surface area is 198 Å². The van der Waals surface area contributed by atoms with Gasteiger partial charge >= 0.3 is 6.03 Å². The number of amides is 4. The van der Waals surface area contributed by atoms with Crippen LogP contribution >= 0.6 is 0 Å². The lowest BCUT2D eigenvalue weighted by molar-refractivity contribution is -0.133. The Morgan fingerprint density at radius 2 is 1.79 bits per heavy atom. The lowest BCUT2D eigenvalue weighted by atomic mass is 9.97. The lowest BCUT2D eigenvalue weighted by Crippen LogP contribution is -2.63. The second-order valence-electron chi connectivity index (χ2n) is 9.00. The number of carbonyl (C=O) groups is 3. The number of benzene rings is 1. The van der Waals surface area contributed by atoms with Gasteiger partial charge in [-0.2, -0.15) is 0 Å². The summed E-state index contributed by atoms with van der Waals surface area (Å²) in [7, 11) is -3.66. The van der Waals surface area contributed by atoms with Gasteiger partial charge in [-0.15, -0.1) is 0 Å². The zero-order valence-corrected chi connectivity index (χ0v) is 20.0. The summed E-state index contributed by atoms with van der Waals surface area (Å²) in [6.45, 7) is 4.40. The van der Waals surface area contributed by atoms with E-state index in [1.807, 2.05) is 24.5 Å². The smallest absolute Gasteiger partial charge is 0.328 e. The summed E-state index contributed by atoms with van der Waals surface area (Å²) in [5.41, 5.74) is 0.622. The van der Waals surface area contributed by atoms with E-state index in [9.17, 15) is 27.2 Å². The van der Waals surface area contributed by atoms with Crippen LogP contribution in [0, 0.1) is 17.7 Å². The molecule has 188 valence electrons. The molecule has 2 aliphatic rings. The van der Waals surface area contributed by atoms with Gasteiger partial charge < -0.3 is 4.74 Å². The predicted molar refractivity (Wildman–Crippen MR) is 122 cm³/mol. The summed E-state index contributed by atoms with van der Waals surface area (Å²) >= 11 is 0. The number of carbonyl (C=O) groups excluding carboxylic acids is 3. The average molecular weight is 499 g/mol. The molecule has 0 aromatic heterocycles. The van der Waals surface area contributed by atoms with Crippen molar-refractivity contribution in [3.8, 4) is 5.75 Å². The van der Waals surface area contributed by atoms with E-state index in [1.54, 1.807) is 12.1 Å². The van der Waals surface area contributed by atoms with Crippen LogP contribution in [0.4, 0.5) is 9.18 Å². The standard InChI is InChI=1S/C22H31FN4O6S/c1-13(2)18(15-7-8-16(23)17(11-15)33-12-14-5-6-14)27-34(31,32)10-4-3-9-24-19-20(28)25-22(30)26-21(19)29/h7-8,11,13-14,18-19,24,27H,3-6,9-10,12H2,1-2H3,(H2,25,26,28,29,30)/t18-/m1/s1. The lowest BCUT2D eigenvalue weighted by Gasteiger charge is -2.24. The molecule has 2 fully saturated rings. The van der Waals surface area contributed by atoms with E-state index in [0.717, 1.165) is 12.8 Å². The molecular formula is C22H31FN4O6S. The molecule has 1 aliphatic heterocycles. The van der Waals surface area contributed by atoms with Crippen LogP contribution in [0.5, 0.6) is 5.75 Å². The van der Waals surface area contributed by atoms with Crippen LogP contribution in [0.15, 0.2) is 18.2 Å². The zero-order valence-electron chi connectivity index (χ0n) is 19.2. The van der Waals surface area contributed by atoms with E-state index in [1.165, 1.54) is 6.07 Å². The van der Waals surface area contributed by atoms with Gasteiger partial charge in [-0.25, -0.2) is 22.3 Å². The Bertz CT molecular complexity index is 1010. The van der Waals surface area contributed by atoms with Gasteiger partial charge in [0.15, 0.2) is 17.6 Å². The molecule has 1 atom stereocenters. The molecule has 0 bridgehead atoms. The molecule has 1 aromatic rings. The summed E-state index contributed by atoms with van der Waals surface area (Å²) in [5, 5.41) is 6.68. The van der Waals surface area contributed by atoms with Gasteiger partial charge in [0, 0.05) is 6.04 Å². The first-order chi connectivity index (χ1) is 16.1. The third kappa shape index (κ3) is 7.47. The van der Waals surface area contributed by atoms with Crippen LogP contribution in [0.3, 0.4) is 0 Å². The molecule has 3 rings (SSSR count). The van der Waals surface area contributed by atoms with E-state index < -0.39 is 45.8 Å². The highest BCUT2D eigenvalue weighted by atomic mass is 32.2. The normalized spacial score (nSPS) is 18.1. The van der Waals surface area contributed by atoms with Crippen LogP contribution in [-0.2, 0) is 19.6 Å². The zero-order chi connectivity index (χ0) is 24.9. The largest absolute Gasteiger partial charge is 0.490 e. The van der Waals surface area contributed by atoms with Crippen molar-refractivity contribution < 1.29 is 31.9 Å². The second kappa shape index (κ2) is 11.2. The van der Waals surface area contributed by atoms with Gasteiger partial charge in [0.05, 0.1) is 12.4 Å². The Balaban J connectivity index is 1.50. The van der Waals surface area contributed by atoms with Gasteiger partial charge in [-0.05, 0) is 61.8 Å². The van der Waals surface area contributed by atoms with Crippen LogP contribution in [-0.4, -0.2) is 51.2 Å². The fourth-order valence-corrected chi connectivity index (χ4v) is 5.02. The molecule has 1 saturated heterocycles. The molecule has 1 saturated carbocycles. The van der Waals surface area contributed by atoms with E-state index in [4.69, 9.17) is 4.74 Å². The third-order valence-electron chi connectivity index (χ3n) is 5.65. The van der Waals surface area contributed by atoms with Crippen molar-refractivity contribution >= 4 is 27.9 Å². The van der Waals surface area contributed by atoms with Crippen molar-refractivity contribution in [2.45, 2.75) is 51.6 Å². The van der Waals surface area contributed by atoms with Gasteiger partial charge in [-0.1, -0.05) is 19.9 Å². The van der Waals surface area contributed by atoms with Crippen molar-refractivity contribution in [1.82, 2.24) is 20.7 Å². The third-order valence-corrected chi connectivity index (χ3v) is 7.08. The first kappa shape index (κ1) is 26.0.